The molecule has 10 heteroatoms. The second-order valence-electron chi connectivity index (χ2n) is 5.58. The van der Waals surface area contributed by atoms with E-state index in [9.17, 15) is 16.8 Å². The third kappa shape index (κ3) is 5.15. The van der Waals surface area contributed by atoms with Crippen molar-refractivity contribution >= 4 is 20.0 Å². The van der Waals surface area contributed by atoms with Gasteiger partial charge in [-0.3, -0.25) is 4.90 Å². The van der Waals surface area contributed by atoms with Gasteiger partial charge in [0.2, 0.25) is 20.0 Å². The maximum atomic E-state index is 12.2. The first-order chi connectivity index (χ1) is 11.2. The highest BCUT2D eigenvalue weighted by Gasteiger charge is 2.23. The lowest BCUT2D eigenvalue weighted by Gasteiger charge is -2.33. The van der Waals surface area contributed by atoms with Crippen molar-refractivity contribution in [2.75, 3.05) is 52.6 Å². The number of methoxy groups -OCH3 is 1. The third-order valence-electron chi connectivity index (χ3n) is 3.89. The Kier molecular flexibility index (Phi) is 6.21. The number of rotatable bonds is 7. The van der Waals surface area contributed by atoms with E-state index in [2.05, 4.69) is 4.72 Å². The van der Waals surface area contributed by atoms with Gasteiger partial charge in [-0.2, -0.15) is 4.31 Å². The van der Waals surface area contributed by atoms with Crippen molar-refractivity contribution in [2.24, 2.45) is 0 Å². The van der Waals surface area contributed by atoms with Crippen LogP contribution in [0.3, 0.4) is 0 Å². The molecule has 24 heavy (non-hydrogen) atoms. The summed E-state index contributed by atoms with van der Waals surface area (Å²) in [6.07, 6.45) is 1.20. The van der Waals surface area contributed by atoms with Gasteiger partial charge in [-0.15, -0.1) is 0 Å². The Hall–Kier alpha value is -1.20. The predicted octanol–water partition coefficient (Wildman–Crippen LogP) is -0.449. The van der Waals surface area contributed by atoms with Crippen LogP contribution in [0.2, 0.25) is 0 Å². The van der Waals surface area contributed by atoms with Gasteiger partial charge in [0.25, 0.3) is 0 Å². The van der Waals surface area contributed by atoms with Crippen LogP contribution in [0, 0.1) is 0 Å². The van der Waals surface area contributed by atoms with Crippen LogP contribution < -0.4 is 9.46 Å². The summed E-state index contributed by atoms with van der Waals surface area (Å²) in [6, 6.07) is 6.18. The molecule has 1 N–H and O–H groups in total. The Morgan fingerprint density at radius 3 is 2.12 bits per heavy atom. The quantitative estimate of drug-likeness (QED) is 0.692. The van der Waals surface area contributed by atoms with Gasteiger partial charge in [0.1, 0.15) is 5.75 Å². The molecule has 1 aromatic carbocycles. The van der Waals surface area contributed by atoms with Crippen LogP contribution in [0.15, 0.2) is 29.2 Å². The van der Waals surface area contributed by atoms with Gasteiger partial charge >= 0.3 is 0 Å². The topological polar surface area (TPSA) is 96.0 Å². The minimum atomic E-state index is -3.56. The molecule has 1 aliphatic rings. The first kappa shape index (κ1) is 19.1. The van der Waals surface area contributed by atoms with Gasteiger partial charge in [-0.05, 0) is 24.3 Å². The van der Waals surface area contributed by atoms with Gasteiger partial charge in [0, 0.05) is 39.3 Å². The second kappa shape index (κ2) is 7.79. The van der Waals surface area contributed by atoms with Gasteiger partial charge in [0.05, 0.1) is 18.3 Å². The zero-order chi connectivity index (χ0) is 17.8. The molecule has 0 radical (unpaired) electrons. The van der Waals surface area contributed by atoms with Gasteiger partial charge in [0.15, 0.2) is 0 Å². The summed E-state index contributed by atoms with van der Waals surface area (Å²) < 4.78 is 56.3. The van der Waals surface area contributed by atoms with Crippen LogP contribution in [0.5, 0.6) is 5.75 Å². The van der Waals surface area contributed by atoms with E-state index >= 15 is 0 Å². The fourth-order valence-corrected chi connectivity index (χ4v) is 4.31. The lowest BCUT2D eigenvalue weighted by atomic mass is 10.3. The van der Waals surface area contributed by atoms with Crippen molar-refractivity contribution in [2.45, 2.75) is 4.90 Å². The molecule has 1 aliphatic heterocycles. The highest BCUT2D eigenvalue weighted by atomic mass is 32.2. The molecule has 2 rings (SSSR count). The number of sulfonamides is 2. The Morgan fingerprint density at radius 2 is 1.62 bits per heavy atom. The van der Waals surface area contributed by atoms with E-state index in [1.165, 1.54) is 29.8 Å². The SMILES string of the molecule is COc1ccc(S(=O)(=O)NCCN2CCN(S(C)(=O)=O)CC2)cc1. The second-order valence-corrected chi connectivity index (χ2v) is 9.33. The molecule has 1 aromatic rings. The number of benzene rings is 1. The van der Waals surface area contributed by atoms with E-state index in [1.54, 1.807) is 12.1 Å². The standard InChI is InChI=1S/C14H23N3O5S2/c1-22-13-3-5-14(6-4-13)24(20,21)15-7-8-16-9-11-17(12-10-16)23(2,18)19/h3-6,15H,7-12H2,1-2H3. The molecule has 0 unspecified atom stereocenters. The summed E-state index contributed by atoms with van der Waals surface area (Å²) in [5.41, 5.74) is 0. The molecule has 136 valence electrons. The Bertz CT molecular complexity index is 739. The number of hydrogen-bond acceptors (Lipinski definition) is 6. The van der Waals surface area contributed by atoms with E-state index in [0.717, 1.165) is 0 Å². The molecule has 0 saturated carbocycles. The zero-order valence-electron chi connectivity index (χ0n) is 13.8. The smallest absolute Gasteiger partial charge is 0.240 e. The monoisotopic (exact) mass is 377 g/mol. The third-order valence-corrected chi connectivity index (χ3v) is 6.67. The van der Waals surface area contributed by atoms with Gasteiger partial charge < -0.3 is 4.74 Å². The minimum absolute atomic E-state index is 0.185. The van der Waals surface area contributed by atoms with E-state index in [0.29, 0.717) is 38.5 Å². The van der Waals surface area contributed by atoms with Crippen LogP contribution in [0.1, 0.15) is 0 Å². The molecule has 0 aromatic heterocycles. The summed E-state index contributed by atoms with van der Waals surface area (Å²) in [5.74, 6) is 0.595. The molecule has 0 aliphatic carbocycles. The van der Waals surface area contributed by atoms with Crippen molar-refractivity contribution in [3.8, 4) is 5.75 Å². The van der Waals surface area contributed by atoms with Crippen molar-refractivity contribution in [3.05, 3.63) is 24.3 Å². The molecule has 0 amide bonds. The van der Waals surface area contributed by atoms with Gasteiger partial charge in [-0.1, -0.05) is 0 Å². The van der Waals surface area contributed by atoms with Crippen molar-refractivity contribution in [3.63, 3.8) is 0 Å². The Balaban J connectivity index is 1.81. The van der Waals surface area contributed by atoms with Crippen molar-refractivity contribution in [1.82, 2.24) is 13.9 Å². The van der Waals surface area contributed by atoms with E-state index in [4.69, 9.17) is 4.74 Å². The molecular formula is C14H23N3O5S2. The van der Waals surface area contributed by atoms with E-state index < -0.39 is 20.0 Å². The summed E-state index contributed by atoms with van der Waals surface area (Å²) in [5, 5.41) is 0. The molecule has 0 atom stereocenters. The Labute approximate surface area is 143 Å². The van der Waals surface area contributed by atoms with Crippen LogP contribution in [0.25, 0.3) is 0 Å². The molecule has 1 fully saturated rings. The van der Waals surface area contributed by atoms with E-state index in [-0.39, 0.29) is 11.4 Å². The molecular weight excluding hydrogens is 354 g/mol. The fraction of sp³-hybridized carbons (Fsp3) is 0.571. The lowest BCUT2D eigenvalue weighted by Crippen LogP contribution is -2.49. The highest BCUT2D eigenvalue weighted by molar-refractivity contribution is 7.89. The predicted molar refractivity (Wildman–Crippen MR) is 91.0 cm³/mol. The van der Waals surface area contributed by atoms with Crippen LogP contribution in [-0.2, 0) is 20.0 Å². The molecule has 0 bridgehead atoms. The average Bonchev–Trinajstić information content (AvgIpc) is 2.54. The number of nitrogens with zero attached hydrogens (tertiary/aromatic N) is 2. The van der Waals surface area contributed by atoms with Crippen LogP contribution in [0.4, 0.5) is 0 Å². The lowest BCUT2D eigenvalue weighted by molar-refractivity contribution is 0.192. The molecule has 8 nitrogen and oxygen atoms in total. The number of ether oxygens (including phenoxy) is 1. The molecule has 1 saturated heterocycles. The Morgan fingerprint density at radius 1 is 1.04 bits per heavy atom. The maximum Gasteiger partial charge on any atom is 0.240 e. The van der Waals surface area contributed by atoms with Gasteiger partial charge in [-0.25, -0.2) is 21.6 Å². The maximum absolute atomic E-state index is 12.2. The molecule has 0 spiro atoms. The van der Waals surface area contributed by atoms with Crippen LogP contribution in [-0.4, -0.2) is 78.7 Å². The first-order valence-corrected chi connectivity index (χ1v) is 10.9. The number of piperazine rings is 1. The summed E-state index contributed by atoms with van der Waals surface area (Å²) >= 11 is 0. The number of nitrogens with one attached hydrogen (secondary N) is 1. The van der Waals surface area contributed by atoms with Crippen molar-refractivity contribution < 1.29 is 21.6 Å². The first-order valence-electron chi connectivity index (χ1n) is 7.53. The fourth-order valence-electron chi connectivity index (χ4n) is 2.46. The highest BCUT2D eigenvalue weighted by Crippen LogP contribution is 2.15. The summed E-state index contributed by atoms with van der Waals surface area (Å²) in [7, 11) is -5.19. The average molecular weight is 377 g/mol. The van der Waals surface area contributed by atoms with E-state index in [1.807, 2.05) is 4.90 Å². The molecule has 1 heterocycles. The summed E-state index contributed by atoms with van der Waals surface area (Å²) in [4.78, 5) is 2.23. The van der Waals surface area contributed by atoms with Crippen molar-refractivity contribution in [1.29, 1.82) is 0 Å². The van der Waals surface area contributed by atoms with Crippen LogP contribution >= 0.6 is 0 Å². The number of hydrogen-bond donors (Lipinski definition) is 1. The minimum Gasteiger partial charge on any atom is -0.497 e. The summed E-state index contributed by atoms with van der Waals surface area (Å²) in [6.45, 7) is 2.86. The zero-order valence-corrected chi connectivity index (χ0v) is 15.4. The normalized spacial score (nSPS) is 17.8. The largest absolute Gasteiger partial charge is 0.497 e.